The van der Waals surface area contributed by atoms with Crippen molar-refractivity contribution < 1.29 is 19.1 Å². The van der Waals surface area contributed by atoms with Gasteiger partial charge in [-0.25, -0.2) is 0 Å². The number of unbranched alkanes of at least 4 members (excludes halogenated alkanes) is 1. The third-order valence-electron chi connectivity index (χ3n) is 6.15. The second-order valence-electron chi connectivity index (χ2n) is 8.24. The van der Waals surface area contributed by atoms with Gasteiger partial charge in [-0.05, 0) is 42.5 Å². The Balaban J connectivity index is 1.67. The van der Waals surface area contributed by atoms with Gasteiger partial charge in [0.25, 0.3) is 0 Å². The molecule has 0 aromatic heterocycles. The number of Topliss-reactive ketones (excluding diaryl/α,β-unsaturated/α-hetero) is 1. The summed E-state index contributed by atoms with van der Waals surface area (Å²) >= 11 is 0. The average molecular weight is 420 g/mol. The lowest BCUT2D eigenvalue weighted by atomic mass is 9.73. The van der Waals surface area contributed by atoms with Crippen LogP contribution in [0.2, 0.25) is 0 Å². The van der Waals surface area contributed by atoms with Crippen molar-refractivity contribution in [2.75, 3.05) is 13.7 Å². The minimum atomic E-state index is -0.264. The standard InChI is InChI=1S/C26H29NO4/c1-3-4-12-31-24-11-6-5-10-20(24)21-16-25(29)27-22-14-18(15-23(28)26(21)22)17-8-7-9-19(13-17)30-2/h5-11,13,18,21H,3-4,12,14-16H2,1-2H3,(H,27,29). The first-order chi connectivity index (χ1) is 15.1. The van der Waals surface area contributed by atoms with Crippen molar-refractivity contribution in [3.05, 3.63) is 70.9 Å². The van der Waals surface area contributed by atoms with E-state index in [9.17, 15) is 9.59 Å². The first kappa shape index (κ1) is 21.2. The van der Waals surface area contributed by atoms with E-state index in [1.165, 1.54) is 0 Å². The number of allylic oxidation sites excluding steroid dienone is 2. The molecule has 0 fully saturated rings. The van der Waals surface area contributed by atoms with Crippen LogP contribution in [0.3, 0.4) is 0 Å². The number of rotatable bonds is 7. The Hall–Kier alpha value is -3.08. The molecule has 1 aliphatic carbocycles. The highest BCUT2D eigenvalue weighted by Crippen LogP contribution is 2.44. The summed E-state index contributed by atoms with van der Waals surface area (Å²) in [6.07, 6.45) is 3.34. The first-order valence-electron chi connectivity index (χ1n) is 11.0. The number of ketones is 1. The van der Waals surface area contributed by atoms with Crippen LogP contribution < -0.4 is 14.8 Å². The molecular weight excluding hydrogens is 390 g/mol. The van der Waals surface area contributed by atoms with Crippen LogP contribution in [-0.2, 0) is 9.59 Å². The molecule has 2 aliphatic rings. The maximum atomic E-state index is 13.3. The van der Waals surface area contributed by atoms with Crippen molar-refractivity contribution in [2.24, 2.45) is 0 Å². The molecule has 162 valence electrons. The fourth-order valence-electron chi connectivity index (χ4n) is 4.58. The number of amides is 1. The van der Waals surface area contributed by atoms with E-state index in [-0.39, 0.29) is 29.9 Å². The molecule has 31 heavy (non-hydrogen) atoms. The van der Waals surface area contributed by atoms with Crippen LogP contribution in [0.1, 0.15) is 62.0 Å². The summed E-state index contributed by atoms with van der Waals surface area (Å²) in [6, 6.07) is 15.6. The van der Waals surface area contributed by atoms with Gasteiger partial charge in [0.15, 0.2) is 5.78 Å². The van der Waals surface area contributed by atoms with Crippen LogP contribution in [0.5, 0.6) is 11.5 Å². The zero-order chi connectivity index (χ0) is 21.8. The van der Waals surface area contributed by atoms with E-state index >= 15 is 0 Å². The Morgan fingerprint density at radius 3 is 2.68 bits per heavy atom. The second kappa shape index (κ2) is 9.38. The van der Waals surface area contributed by atoms with E-state index in [2.05, 4.69) is 12.2 Å². The normalized spacial score (nSPS) is 20.8. The number of benzene rings is 2. The summed E-state index contributed by atoms with van der Waals surface area (Å²) in [4.78, 5) is 26.0. The number of carbonyl (C=O) groups is 2. The van der Waals surface area contributed by atoms with Gasteiger partial charge in [-0.1, -0.05) is 43.7 Å². The van der Waals surface area contributed by atoms with Gasteiger partial charge >= 0.3 is 0 Å². The van der Waals surface area contributed by atoms with E-state index in [1.54, 1.807) is 7.11 Å². The van der Waals surface area contributed by atoms with Gasteiger partial charge in [0.2, 0.25) is 5.91 Å². The number of methoxy groups -OCH3 is 1. The highest BCUT2D eigenvalue weighted by Gasteiger charge is 2.39. The van der Waals surface area contributed by atoms with E-state index < -0.39 is 0 Å². The molecule has 0 saturated carbocycles. The Labute approximate surface area is 183 Å². The van der Waals surface area contributed by atoms with Crippen molar-refractivity contribution in [2.45, 2.75) is 50.9 Å². The van der Waals surface area contributed by atoms with Crippen LogP contribution in [0.4, 0.5) is 0 Å². The SMILES string of the molecule is CCCCOc1ccccc1C1CC(=O)NC2=C1C(=O)CC(c1cccc(OC)c1)C2. The van der Waals surface area contributed by atoms with Crippen molar-refractivity contribution in [3.63, 3.8) is 0 Å². The van der Waals surface area contributed by atoms with E-state index in [1.807, 2.05) is 48.5 Å². The monoisotopic (exact) mass is 419 g/mol. The topological polar surface area (TPSA) is 64.6 Å². The van der Waals surface area contributed by atoms with Crippen LogP contribution in [0.15, 0.2) is 59.8 Å². The Kier molecular flexibility index (Phi) is 6.40. The van der Waals surface area contributed by atoms with Gasteiger partial charge < -0.3 is 14.8 Å². The quantitative estimate of drug-likeness (QED) is 0.650. The number of hydrogen-bond donors (Lipinski definition) is 1. The summed E-state index contributed by atoms with van der Waals surface area (Å²) in [5.41, 5.74) is 3.48. The summed E-state index contributed by atoms with van der Waals surface area (Å²) in [5, 5.41) is 3.00. The maximum Gasteiger partial charge on any atom is 0.225 e. The van der Waals surface area contributed by atoms with Crippen LogP contribution in [0, 0.1) is 0 Å². The van der Waals surface area contributed by atoms with Crippen molar-refractivity contribution >= 4 is 11.7 Å². The molecular formula is C26H29NO4. The minimum absolute atomic E-state index is 0.0245. The lowest BCUT2D eigenvalue weighted by molar-refractivity contribution is -0.122. The van der Waals surface area contributed by atoms with Gasteiger partial charge in [0.05, 0.1) is 13.7 Å². The molecule has 1 heterocycles. The molecule has 2 aromatic rings. The summed E-state index contributed by atoms with van der Waals surface area (Å²) < 4.78 is 11.4. The summed E-state index contributed by atoms with van der Waals surface area (Å²) in [7, 11) is 1.64. The van der Waals surface area contributed by atoms with Crippen molar-refractivity contribution in [1.29, 1.82) is 0 Å². The van der Waals surface area contributed by atoms with E-state index in [0.29, 0.717) is 19.4 Å². The van der Waals surface area contributed by atoms with Gasteiger partial charge in [-0.15, -0.1) is 0 Å². The van der Waals surface area contributed by atoms with Gasteiger partial charge in [-0.3, -0.25) is 9.59 Å². The lowest BCUT2D eigenvalue weighted by Gasteiger charge is -2.35. The predicted molar refractivity (Wildman–Crippen MR) is 119 cm³/mol. The molecule has 2 atom stereocenters. The molecule has 5 heteroatoms. The molecule has 0 saturated heterocycles. The molecule has 4 rings (SSSR count). The van der Waals surface area contributed by atoms with Crippen LogP contribution in [0.25, 0.3) is 0 Å². The second-order valence-corrected chi connectivity index (χ2v) is 8.24. The lowest BCUT2D eigenvalue weighted by Crippen LogP contribution is -2.38. The number of nitrogens with one attached hydrogen (secondary N) is 1. The summed E-state index contributed by atoms with van der Waals surface area (Å²) in [5.74, 6) is 1.35. The third-order valence-corrected chi connectivity index (χ3v) is 6.15. The highest BCUT2D eigenvalue weighted by atomic mass is 16.5. The fraction of sp³-hybridized carbons (Fsp3) is 0.385. The van der Waals surface area contributed by atoms with Gasteiger partial charge in [-0.2, -0.15) is 0 Å². The number of hydrogen-bond acceptors (Lipinski definition) is 4. The van der Waals surface area contributed by atoms with Crippen molar-refractivity contribution in [1.82, 2.24) is 5.32 Å². The number of ether oxygens (including phenoxy) is 2. The van der Waals surface area contributed by atoms with E-state index in [4.69, 9.17) is 9.47 Å². The molecule has 2 aromatic carbocycles. The highest BCUT2D eigenvalue weighted by molar-refractivity contribution is 6.02. The summed E-state index contributed by atoms with van der Waals surface area (Å²) in [6.45, 7) is 2.75. The van der Waals surface area contributed by atoms with Gasteiger partial charge in [0, 0.05) is 35.6 Å². The third kappa shape index (κ3) is 4.50. The molecule has 0 radical (unpaired) electrons. The maximum absolute atomic E-state index is 13.3. The molecule has 5 nitrogen and oxygen atoms in total. The number of para-hydroxylation sites is 1. The number of carbonyl (C=O) groups excluding carboxylic acids is 2. The predicted octanol–water partition coefficient (Wildman–Crippen LogP) is 4.88. The Bertz CT molecular complexity index is 1010. The van der Waals surface area contributed by atoms with Crippen LogP contribution in [-0.4, -0.2) is 25.4 Å². The zero-order valence-corrected chi connectivity index (χ0v) is 18.1. The fourth-order valence-corrected chi connectivity index (χ4v) is 4.58. The smallest absolute Gasteiger partial charge is 0.225 e. The largest absolute Gasteiger partial charge is 0.497 e. The molecule has 0 spiro atoms. The van der Waals surface area contributed by atoms with E-state index in [0.717, 1.165) is 46.7 Å². The Morgan fingerprint density at radius 2 is 1.87 bits per heavy atom. The van der Waals surface area contributed by atoms with Gasteiger partial charge in [0.1, 0.15) is 11.5 Å². The molecule has 1 amide bonds. The van der Waals surface area contributed by atoms with Crippen LogP contribution >= 0.6 is 0 Å². The molecule has 1 aliphatic heterocycles. The molecule has 0 bridgehead atoms. The molecule has 2 unspecified atom stereocenters. The average Bonchev–Trinajstić information content (AvgIpc) is 2.78. The van der Waals surface area contributed by atoms with Crippen molar-refractivity contribution in [3.8, 4) is 11.5 Å². The zero-order valence-electron chi connectivity index (χ0n) is 18.1. The minimum Gasteiger partial charge on any atom is -0.497 e. The molecule has 1 N–H and O–H groups in total. The first-order valence-corrected chi connectivity index (χ1v) is 11.0. The Morgan fingerprint density at radius 1 is 1.03 bits per heavy atom.